The van der Waals surface area contributed by atoms with Crippen molar-refractivity contribution in [2.75, 3.05) is 13.2 Å². The zero-order valence-corrected chi connectivity index (χ0v) is 14.0. The molecule has 0 heterocycles. The summed E-state index contributed by atoms with van der Waals surface area (Å²) in [6, 6.07) is 8.39. The molecule has 0 bridgehead atoms. The van der Waals surface area contributed by atoms with Gasteiger partial charge in [0.1, 0.15) is 5.75 Å². The first kappa shape index (κ1) is 18.0. The number of rotatable bonds is 13. The Hall–Kier alpha value is -1.02. The number of hydrogen-bond donors (Lipinski definition) is 1. The first-order valence-electron chi connectivity index (χ1n) is 8.79. The highest BCUT2D eigenvalue weighted by molar-refractivity contribution is 5.27. The molecule has 21 heavy (non-hydrogen) atoms. The van der Waals surface area contributed by atoms with Gasteiger partial charge in [0.2, 0.25) is 0 Å². The van der Waals surface area contributed by atoms with E-state index in [1.807, 2.05) is 6.92 Å². The summed E-state index contributed by atoms with van der Waals surface area (Å²) in [6.45, 7) is 7.11. The second-order valence-electron chi connectivity index (χ2n) is 5.73. The van der Waals surface area contributed by atoms with E-state index in [4.69, 9.17) is 4.74 Å². The van der Waals surface area contributed by atoms with Gasteiger partial charge in [-0.05, 0) is 37.6 Å². The largest absolute Gasteiger partial charge is 0.494 e. The van der Waals surface area contributed by atoms with Crippen LogP contribution < -0.4 is 10.1 Å². The molecule has 1 rings (SSSR count). The van der Waals surface area contributed by atoms with Crippen molar-refractivity contribution in [3.05, 3.63) is 29.8 Å². The summed E-state index contributed by atoms with van der Waals surface area (Å²) in [6.07, 6.45) is 11.1. The fraction of sp³-hybridized carbons (Fsp3) is 0.684. The molecular weight excluding hydrogens is 258 g/mol. The molecular formula is C19H33NO. The van der Waals surface area contributed by atoms with E-state index in [1.54, 1.807) is 0 Å². The Morgan fingerprint density at radius 2 is 1.43 bits per heavy atom. The van der Waals surface area contributed by atoms with E-state index in [9.17, 15) is 0 Å². The van der Waals surface area contributed by atoms with E-state index >= 15 is 0 Å². The fourth-order valence-electron chi connectivity index (χ4n) is 2.49. The van der Waals surface area contributed by atoms with Gasteiger partial charge < -0.3 is 10.1 Å². The lowest BCUT2D eigenvalue weighted by molar-refractivity contribution is 0.340. The number of hydrogen-bond acceptors (Lipinski definition) is 2. The molecule has 0 saturated heterocycles. The predicted octanol–water partition coefficient (Wildman–Crippen LogP) is 5.32. The lowest BCUT2D eigenvalue weighted by Gasteiger charge is -2.07. The van der Waals surface area contributed by atoms with E-state index < -0.39 is 0 Å². The third-order valence-corrected chi connectivity index (χ3v) is 3.77. The highest BCUT2D eigenvalue weighted by Gasteiger charge is 1.95. The molecule has 0 aliphatic rings. The Kier molecular flexibility index (Phi) is 10.9. The van der Waals surface area contributed by atoms with Crippen LogP contribution >= 0.6 is 0 Å². The van der Waals surface area contributed by atoms with Crippen molar-refractivity contribution in [2.24, 2.45) is 0 Å². The second kappa shape index (κ2) is 12.7. The standard InChI is InChI=1S/C19H33NO/c1-3-5-6-7-8-9-10-11-16-20-17-18-12-14-19(15-13-18)21-4-2/h12-15,20H,3-11,16-17H2,1-2H3. The highest BCUT2D eigenvalue weighted by atomic mass is 16.5. The van der Waals surface area contributed by atoms with Crippen LogP contribution in [0.5, 0.6) is 5.75 Å². The van der Waals surface area contributed by atoms with E-state index in [-0.39, 0.29) is 0 Å². The summed E-state index contributed by atoms with van der Waals surface area (Å²) >= 11 is 0. The van der Waals surface area contributed by atoms with E-state index in [2.05, 4.69) is 36.5 Å². The van der Waals surface area contributed by atoms with Crippen LogP contribution in [0.4, 0.5) is 0 Å². The van der Waals surface area contributed by atoms with Crippen molar-refractivity contribution in [1.82, 2.24) is 5.32 Å². The average molecular weight is 291 g/mol. The summed E-state index contributed by atoms with van der Waals surface area (Å²) in [5.41, 5.74) is 1.33. The smallest absolute Gasteiger partial charge is 0.119 e. The molecule has 2 heteroatoms. The zero-order valence-electron chi connectivity index (χ0n) is 14.0. The Morgan fingerprint density at radius 1 is 0.810 bits per heavy atom. The average Bonchev–Trinajstić information content (AvgIpc) is 2.51. The predicted molar refractivity (Wildman–Crippen MR) is 91.9 cm³/mol. The van der Waals surface area contributed by atoms with Gasteiger partial charge in [-0.25, -0.2) is 0 Å². The van der Waals surface area contributed by atoms with E-state index in [0.717, 1.165) is 25.4 Å². The van der Waals surface area contributed by atoms with Crippen LogP contribution in [0.15, 0.2) is 24.3 Å². The van der Waals surface area contributed by atoms with Crippen LogP contribution in [-0.2, 0) is 6.54 Å². The molecule has 0 aliphatic carbocycles. The fourth-order valence-corrected chi connectivity index (χ4v) is 2.49. The van der Waals surface area contributed by atoms with Crippen LogP contribution in [0.1, 0.15) is 70.8 Å². The molecule has 0 radical (unpaired) electrons. The lowest BCUT2D eigenvalue weighted by Crippen LogP contribution is -2.14. The molecule has 1 N–H and O–H groups in total. The van der Waals surface area contributed by atoms with Crippen LogP contribution in [0.2, 0.25) is 0 Å². The number of nitrogens with one attached hydrogen (secondary N) is 1. The van der Waals surface area contributed by atoms with Crippen molar-refractivity contribution in [3.8, 4) is 5.75 Å². The quantitative estimate of drug-likeness (QED) is 0.497. The first-order chi connectivity index (χ1) is 10.4. The zero-order chi connectivity index (χ0) is 15.2. The molecule has 0 fully saturated rings. The number of benzene rings is 1. The van der Waals surface area contributed by atoms with Crippen molar-refractivity contribution < 1.29 is 4.74 Å². The molecule has 0 aliphatic heterocycles. The normalized spacial score (nSPS) is 10.8. The van der Waals surface area contributed by atoms with Gasteiger partial charge in [0.25, 0.3) is 0 Å². The first-order valence-corrected chi connectivity index (χ1v) is 8.79. The maximum Gasteiger partial charge on any atom is 0.119 e. The van der Waals surface area contributed by atoms with Crippen molar-refractivity contribution >= 4 is 0 Å². The molecule has 0 aromatic heterocycles. The van der Waals surface area contributed by atoms with Gasteiger partial charge >= 0.3 is 0 Å². The number of unbranched alkanes of at least 4 members (excludes halogenated alkanes) is 7. The van der Waals surface area contributed by atoms with Gasteiger partial charge in [-0.3, -0.25) is 0 Å². The Labute approximate surface area is 131 Å². The molecule has 0 amide bonds. The summed E-state index contributed by atoms with van der Waals surface area (Å²) in [7, 11) is 0. The van der Waals surface area contributed by atoms with Crippen LogP contribution in [-0.4, -0.2) is 13.2 Å². The maximum atomic E-state index is 5.45. The summed E-state index contributed by atoms with van der Waals surface area (Å²) in [5.74, 6) is 0.962. The minimum absolute atomic E-state index is 0.732. The van der Waals surface area contributed by atoms with Crippen molar-refractivity contribution in [2.45, 2.75) is 71.8 Å². The Bertz CT molecular complexity index is 334. The SMILES string of the molecule is CCCCCCCCCCNCc1ccc(OCC)cc1. The summed E-state index contributed by atoms with van der Waals surface area (Å²) in [4.78, 5) is 0. The monoisotopic (exact) mass is 291 g/mol. The van der Waals surface area contributed by atoms with Crippen LogP contribution in [0.25, 0.3) is 0 Å². The number of ether oxygens (including phenoxy) is 1. The highest BCUT2D eigenvalue weighted by Crippen LogP contribution is 2.12. The minimum Gasteiger partial charge on any atom is -0.494 e. The summed E-state index contributed by atoms with van der Waals surface area (Å²) in [5, 5.41) is 3.52. The molecule has 2 nitrogen and oxygen atoms in total. The molecule has 0 atom stereocenters. The molecule has 0 spiro atoms. The van der Waals surface area contributed by atoms with Crippen LogP contribution in [0, 0.1) is 0 Å². The van der Waals surface area contributed by atoms with Gasteiger partial charge in [-0.15, -0.1) is 0 Å². The minimum atomic E-state index is 0.732. The molecule has 0 unspecified atom stereocenters. The van der Waals surface area contributed by atoms with Gasteiger partial charge in [0.15, 0.2) is 0 Å². The molecule has 1 aromatic rings. The molecule has 120 valence electrons. The topological polar surface area (TPSA) is 21.3 Å². The van der Waals surface area contributed by atoms with Crippen LogP contribution in [0.3, 0.4) is 0 Å². The van der Waals surface area contributed by atoms with E-state index in [0.29, 0.717) is 0 Å². The maximum absolute atomic E-state index is 5.45. The molecule has 0 saturated carbocycles. The molecule has 1 aromatic carbocycles. The van der Waals surface area contributed by atoms with Gasteiger partial charge in [-0.2, -0.15) is 0 Å². The van der Waals surface area contributed by atoms with Crippen molar-refractivity contribution in [3.63, 3.8) is 0 Å². The van der Waals surface area contributed by atoms with Gasteiger partial charge in [-0.1, -0.05) is 64.0 Å². The van der Waals surface area contributed by atoms with Gasteiger partial charge in [0.05, 0.1) is 6.61 Å². The summed E-state index contributed by atoms with van der Waals surface area (Å²) < 4.78 is 5.45. The second-order valence-corrected chi connectivity index (χ2v) is 5.73. The van der Waals surface area contributed by atoms with E-state index in [1.165, 1.54) is 56.9 Å². The Morgan fingerprint density at radius 3 is 2.05 bits per heavy atom. The third-order valence-electron chi connectivity index (χ3n) is 3.77. The lowest BCUT2D eigenvalue weighted by atomic mass is 10.1. The van der Waals surface area contributed by atoms with Crippen molar-refractivity contribution in [1.29, 1.82) is 0 Å². The van der Waals surface area contributed by atoms with Gasteiger partial charge in [0, 0.05) is 6.54 Å². The Balaban J connectivity index is 1.94. The third kappa shape index (κ3) is 9.52.